The Morgan fingerprint density at radius 1 is 1.21 bits per heavy atom. The van der Waals surface area contributed by atoms with E-state index in [1.807, 2.05) is 19.1 Å². The smallest absolute Gasteiger partial charge is 0.233 e. The van der Waals surface area contributed by atoms with Crippen LogP contribution in [0.5, 0.6) is 0 Å². The van der Waals surface area contributed by atoms with Gasteiger partial charge in [-0.15, -0.1) is 24.0 Å². The summed E-state index contributed by atoms with van der Waals surface area (Å²) in [6.45, 7) is 3.42. The quantitative estimate of drug-likeness (QED) is 0.213. The molecular weight excluding hydrogens is 469 g/mol. The van der Waals surface area contributed by atoms with Gasteiger partial charge in [-0.2, -0.15) is 0 Å². The zero-order chi connectivity index (χ0) is 19.0. The number of hydrogen-bond donors (Lipinski definition) is 2. The molecule has 1 aliphatic heterocycles. The van der Waals surface area contributed by atoms with Crippen LogP contribution in [0.3, 0.4) is 0 Å². The highest BCUT2D eigenvalue weighted by Crippen LogP contribution is 2.52. The summed E-state index contributed by atoms with van der Waals surface area (Å²) in [4.78, 5) is 35.3. The number of aryl methyl sites for hydroxylation is 1. The van der Waals surface area contributed by atoms with Gasteiger partial charge in [0.2, 0.25) is 11.8 Å². The van der Waals surface area contributed by atoms with Gasteiger partial charge in [-0.1, -0.05) is 18.2 Å². The van der Waals surface area contributed by atoms with E-state index in [1.165, 1.54) is 4.90 Å². The van der Waals surface area contributed by atoms with Crippen molar-refractivity contribution in [1.82, 2.24) is 20.5 Å². The molecule has 4 rings (SSSR count). The van der Waals surface area contributed by atoms with E-state index in [2.05, 4.69) is 32.8 Å². The second-order valence-electron chi connectivity index (χ2n) is 7.45. The molecule has 2 N–H and O–H groups in total. The van der Waals surface area contributed by atoms with Crippen molar-refractivity contribution in [3.8, 4) is 0 Å². The molecule has 3 aliphatic rings. The van der Waals surface area contributed by atoms with E-state index in [0.29, 0.717) is 25.6 Å². The normalized spacial score (nSPS) is 27.8. The number of carbonyl (C=O) groups is 2. The second kappa shape index (κ2) is 8.59. The average molecular weight is 495 g/mol. The Kier molecular flexibility index (Phi) is 6.36. The van der Waals surface area contributed by atoms with Crippen LogP contribution >= 0.6 is 24.0 Å². The molecule has 2 aliphatic carbocycles. The largest absolute Gasteiger partial charge is 0.355 e. The minimum Gasteiger partial charge on any atom is -0.355 e. The van der Waals surface area contributed by atoms with Crippen molar-refractivity contribution in [2.24, 2.45) is 28.7 Å². The number of halogens is 1. The SMILES string of the molecule is CN=C(NCCN1C(=O)C2C3C=CC(C3)C2C1=O)NCc1ncccc1C.I. The van der Waals surface area contributed by atoms with Gasteiger partial charge < -0.3 is 10.6 Å². The number of nitrogens with zero attached hydrogens (tertiary/aromatic N) is 3. The molecule has 8 heteroatoms. The predicted octanol–water partition coefficient (Wildman–Crippen LogP) is 1.48. The van der Waals surface area contributed by atoms with E-state index in [1.54, 1.807) is 13.2 Å². The molecule has 1 aromatic rings. The van der Waals surface area contributed by atoms with Gasteiger partial charge in [0.15, 0.2) is 5.96 Å². The summed E-state index contributed by atoms with van der Waals surface area (Å²) in [5.41, 5.74) is 2.07. The highest BCUT2D eigenvalue weighted by molar-refractivity contribution is 14.0. The van der Waals surface area contributed by atoms with Crippen LogP contribution in [0.15, 0.2) is 35.5 Å². The Bertz CT molecular complexity index is 795. The number of nitrogens with one attached hydrogen (secondary N) is 2. The topological polar surface area (TPSA) is 86.7 Å². The molecule has 0 radical (unpaired) electrons. The Morgan fingerprint density at radius 2 is 1.89 bits per heavy atom. The Balaban J connectivity index is 0.00000225. The summed E-state index contributed by atoms with van der Waals surface area (Å²) in [6, 6.07) is 3.93. The van der Waals surface area contributed by atoms with Crippen LogP contribution in [0.1, 0.15) is 17.7 Å². The maximum Gasteiger partial charge on any atom is 0.233 e. The lowest BCUT2D eigenvalue weighted by Crippen LogP contribution is -2.43. The molecule has 1 aromatic heterocycles. The lowest BCUT2D eigenvalue weighted by atomic mass is 9.85. The molecule has 1 saturated carbocycles. The van der Waals surface area contributed by atoms with Gasteiger partial charge in [0, 0.05) is 26.3 Å². The summed E-state index contributed by atoms with van der Waals surface area (Å²) >= 11 is 0. The summed E-state index contributed by atoms with van der Waals surface area (Å²) in [7, 11) is 1.69. The predicted molar refractivity (Wildman–Crippen MR) is 117 cm³/mol. The number of amides is 2. The first-order valence-electron chi connectivity index (χ1n) is 9.48. The van der Waals surface area contributed by atoms with Crippen molar-refractivity contribution in [2.45, 2.75) is 19.9 Å². The number of fused-ring (bicyclic) bond motifs is 5. The standard InChI is InChI=1S/C20H25N5O2.HI/c1-12-4-3-7-22-15(12)11-24-20(21-2)23-8-9-25-18(26)16-13-5-6-14(10-13)17(16)19(25)27;/h3-7,13-14,16-17H,8-11H2,1-2H3,(H2,21,23,24);1H. The number of aromatic nitrogens is 1. The molecule has 4 atom stereocenters. The third-order valence-electron chi connectivity index (χ3n) is 5.95. The first kappa shape index (κ1) is 20.8. The molecule has 4 unspecified atom stereocenters. The molecule has 1 saturated heterocycles. The fourth-order valence-electron chi connectivity index (χ4n) is 4.56. The molecule has 28 heavy (non-hydrogen) atoms. The van der Waals surface area contributed by atoms with Crippen LogP contribution in [0.25, 0.3) is 0 Å². The Labute approximate surface area is 182 Å². The molecule has 2 heterocycles. The first-order chi connectivity index (χ1) is 13.1. The summed E-state index contributed by atoms with van der Waals surface area (Å²) < 4.78 is 0. The lowest BCUT2D eigenvalue weighted by molar-refractivity contribution is -0.140. The molecule has 2 fully saturated rings. The van der Waals surface area contributed by atoms with Crippen LogP contribution in [-0.2, 0) is 16.1 Å². The van der Waals surface area contributed by atoms with Gasteiger partial charge in [0.05, 0.1) is 24.1 Å². The monoisotopic (exact) mass is 495 g/mol. The average Bonchev–Trinajstić information content (AvgIpc) is 3.35. The Morgan fingerprint density at radius 3 is 2.50 bits per heavy atom. The first-order valence-corrected chi connectivity index (χ1v) is 9.48. The Hall–Kier alpha value is -1.97. The fourth-order valence-corrected chi connectivity index (χ4v) is 4.56. The van der Waals surface area contributed by atoms with E-state index in [9.17, 15) is 9.59 Å². The highest BCUT2D eigenvalue weighted by atomic mass is 127. The summed E-state index contributed by atoms with van der Waals surface area (Å²) in [6.07, 6.45) is 6.96. The lowest BCUT2D eigenvalue weighted by Gasteiger charge is -2.18. The van der Waals surface area contributed by atoms with Crippen molar-refractivity contribution in [3.05, 3.63) is 41.7 Å². The van der Waals surface area contributed by atoms with Crippen molar-refractivity contribution < 1.29 is 9.59 Å². The summed E-state index contributed by atoms with van der Waals surface area (Å²) in [5.74, 6) is 0.873. The van der Waals surface area contributed by atoms with Crippen LogP contribution in [0.2, 0.25) is 0 Å². The van der Waals surface area contributed by atoms with Crippen LogP contribution in [-0.4, -0.2) is 47.8 Å². The number of likely N-dealkylation sites (tertiary alicyclic amines) is 1. The van der Waals surface area contributed by atoms with E-state index < -0.39 is 0 Å². The molecule has 150 valence electrons. The third kappa shape index (κ3) is 3.66. The summed E-state index contributed by atoms with van der Waals surface area (Å²) in [5, 5.41) is 6.40. The van der Waals surface area contributed by atoms with Gasteiger partial charge in [-0.05, 0) is 36.8 Å². The zero-order valence-electron chi connectivity index (χ0n) is 16.1. The zero-order valence-corrected chi connectivity index (χ0v) is 18.4. The highest BCUT2D eigenvalue weighted by Gasteiger charge is 2.58. The number of carbonyl (C=O) groups excluding carboxylic acids is 2. The molecule has 0 aromatic carbocycles. The number of pyridine rings is 1. The van der Waals surface area contributed by atoms with Crippen molar-refractivity contribution >= 4 is 41.8 Å². The van der Waals surface area contributed by atoms with Gasteiger partial charge in [-0.25, -0.2) is 0 Å². The van der Waals surface area contributed by atoms with E-state index in [0.717, 1.165) is 17.7 Å². The number of allylic oxidation sites excluding steroid dienone is 2. The number of rotatable bonds is 5. The van der Waals surface area contributed by atoms with Crippen molar-refractivity contribution in [3.63, 3.8) is 0 Å². The number of guanidine groups is 1. The van der Waals surface area contributed by atoms with Gasteiger partial charge in [-0.3, -0.25) is 24.5 Å². The minimum atomic E-state index is -0.128. The molecular formula is C20H26IN5O2. The molecule has 2 amide bonds. The number of hydrogen-bond acceptors (Lipinski definition) is 4. The van der Waals surface area contributed by atoms with Gasteiger partial charge >= 0.3 is 0 Å². The van der Waals surface area contributed by atoms with Gasteiger partial charge in [0.25, 0.3) is 0 Å². The third-order valence-corrected chi connectivity index (χ3v) is 5.95. The van der Waals surface area contributed by atoms with E-state index in [-0.39, 0.29) is 59.5 Å². The van der Waals surface area contributed by atoms with Crippen LogP contribution in [0, 0.1) is 30.6 Å². The van der Waals surface area contributed by atoms with Crippen molar-refractivity contribution in [2.75, 3.05) is 20.1 Å². The number of aliphatic imine (C=N–C) groups is 1. The van der Waals surface area contributed by atoms with Gasteiger partial charge in [0.1, 0.15) is 0 Å². The maximum atomic E-state index is 12.7. The molecule has 7 nitrogen and oxygen atoms in total. The second-order valence-corrected chi connectivity index (χ2v) is 7.45. The van der Waals surface area contributed by atoms with E-state index in [4.69, 9.17) is 0 Å². The molecule has 0 spiro atoms. The molecule has 2 bridgehead atoms. The maximum absolute atomic E-state index is 12.7. The van der Waals surface area contributed by atoms with Crippen molar-refractivity contribution in [1.29, 1.82) is 0 Å². The minimum absolute atomic E-state index is 0. The fraction of sp³-hybridized carbons (Fsp3) is 0.500. The van der Waals surface area contributed by atoms with Crippen LogP contribution in [0.4, 0.5) is 0 Å². The van der Waals surface area contributed by atoms with Crippen LogP contribution < -0.4 is 10.6 Å². The van der Waals surface area contributed by atoms with E-state index >= 15 is 0 Å². The number of imide groups is 1.